The molecule has 0 aliphatic carbocycles. The molecule has 0 radical (unpaired) electrons. The average molecular weight is 510 g/mol. The number of benzene rings is 1. The summed E-state index contributed by atoms with van der Waals surface area (Å²) in [6, 6.07) is 5.93. The van der Waals surface area contributed by atoms with E-state index in [9.17, 15) is 28.6 Å². The monoisotopic (exact) mass is 509 g/mol. The van der Waals surface area contributed by atoms with Crippen molar-refractivity contribution in [3.05, 3.63) is 77.6 Å². The van der Waals surface area contributed by atoms with Gasteiger partial charge in [-0.2, -0.15) is 4.98 Å². The molecule has 0 bridgehead atoms. The molecule has 4 rings (SSSR count). The summed E-state index contributed by atoms with van der Waals surface area (Å²) in [4.78, 5) is 32.1. The third-order valence-corrected chi connectivity index (χ3v) is 4.68. The number of carbonyl (C=O) groups is 2. The number of hydrogen-bond donors (Lipinski definition) is 3. The Morgan fingerprint density at radius 1 is 1.11 bits per heavy atom. The van der Waals surface area contributed by atoms with E-state index in [1.165, 1.54) is 35.3 Å². The number of nitrogens with zero attached hydrogens (tertiary/aromatic N) is 4. The fraction of sp³-hybridized carbons (Fsp3) is 0.136. The molecule has 0 saturated heterocycles. The Kier molecular flexibility index (Phi) is 8.85. The van der Waals surface area contributed by atoms with Crippen LogP contribution >= 0.6 is 0 Å². The molecule has 3 aromatic heterocycles. The molecular formula is C22H18F2KN5O5. The summed E-state index contributed by atoms with van der Waals surface area (Å²) in [6.07, 6.45) is 3.86. The van der Waals surface area contributed by atoms with Gasteiger partial charge in [0.05, 0.1) is 11.9 Å². The van der Waals surface area contributed by atoms with E-state index in [2.05, 4.69) is 20.4 Å². The summed E-state index contributed by atoms with van der Waals surface area (Å²) in [6.45, 7) is 0.000881. The number of hydrogen-bond acceptors (Lipinski definition) is 7. The zero-order valence-corrected chi connectivity index (χ0v) is 17.4. The first-order valence-electron chi connectivity index (χ1n) is 9.92. The number of carboxylic acid groups (broad SMARTS) is 1. The van der Waals surface area contributed by atoms with Crippen molar-refractivity contribution in [2.24, 2.45) is 0 Å². The molecule has 0 saturated carbocycles. The van der Waals surface area contributed by atoms with E-state index in [1.807, 2.05) is 0 Å². The number of carboxylic acids is 1. The number of aryl methyl sites for hydroxylation is 1. The molecule has 0 atom stereocenters. The van der Waals surface area contributed by atoms with Gasteiger partial charge >= 0.3 is 57.4 Å². The van der Waals surface area contributed by atoms with Crippen LogP contribution in [0.2, 0.25) is 0 Å². The van der Waals surface area contributed by atoms with E-state index < -0.39 is 23.5 Å². The second-order valence-corrected chi connectivity index (χ2v) is 7.30. The molecule has 1 aromatic carbocycles. The first-order valence-corrected chi connectivity index (χ1v) is 9.92. The number of halogens is 2. The summed E-state index contributed by atoms with van der Waals surface area (Å²) in [5, 5.41) is 25.0. The Balaban J connectivity index is 0.00000342. The number of nitrogens with one attached hydrogen (secondary N) is 1. The third-order valence-electron chi connectivity index (χ3n) is 4.68. The number of amides is 1. The van der Waals surface area contributed by atoms with Gasteiger partial charge in [0.15, 0.2) is 0 Å². The van der Waals surface area contributed by atoms with Gasteiger partial charge in [-0.05, 0) is 29.8 Å². The second kappa shape index (κ2) is 11.6. The van der Waals surface area contributed by atoms with Crippen molar-refractivity contribution in [3.8, 4) is 17.3 Å². The second-order valence-electron chi connectivity index (χ2n) is 7.30. The zero-order valence-electron chi connectivity index (χ0n) is 17.4. The van der Waals surface area contributed by atoms with Crippen LogP contribution in [0.15, 0.2) is 53.4 Å². The van der Waals surface area contributed by atoms with Gasteiger partial charge in [-0.25, -0.2) is 18.6 Å². The summed E-state index contributed by atoms with van der Waals surface area (Å²) < 4.78 is 33.3. The van der Waals surface area contributed by atoms with Crippen LogP contribution in [0.25, 0.3) is 11.5 Å². The van der Waals surface area contributed by atoms with Crippen molar-refractivity contribution in [2.75, 3.05) is 5.32 Å². The molecule has 0 spiro atoms. The Morgan fingerprint density at radius 3 is 2.51 bits per heavy atom. The van der Waals surface area contributed by atoms with Gasteiger partial charge in [0.1, 0.15) is 28.6 Å². The Morgan fingerprint density at radius 2 is 1.86 bits per heavy atom. The van der Waals surface area contributed by atoms with Gasteiger partial charge in [0.25, 0.3) is 0 Å². The van der Waals surface area contributed by atoms with Gasteiger partial charge in [-0.3, -0.25) is 4.79 Å². The van der Waals surface area contributed by atoms with E-state index >= 15 is 0 Å². The fourth-order valence-corrected chi connectivity index (χ4v) is 3.19. The van der Waals surface area contributed by atoms with Crippen molar-refractivity contribution in [3.63, 3.8) is 0 Å². The molecule has 3 N–H and O–H groups in total. The number of pyridine rings is 1. The predicted octanol–water partition coefficient (Wildman–Crippen LogP) is 2.59. The molecule has 1 amide bonds. The number of aromatic nitrogens is 4. The van der Waals surface area contributed by atoms with Crippen LogP contribution in [0.5, 0.6) is 5.75 Å². The normalized spacial score (nSPS) is 10.6. The number of aromatic hydroxyl groups is 1. The van der Waals surface area contributed by atoms with Crippen molar-refractivity contribution in [1.29, 1.82) is 0 Å². The molecular weight excluding hydrogens is 491 g/mol. The van der Waals surface area contributed by atoms with Gasteiger partial charge in [-0.1, -0.05) is 5.16 Å². The van der Waals surface area contributed by atoms with E-state index in [4.69, 9.17) is 4.52 Å². The van der Waals surface area contributed by atoms with Crippen LogP contribution in [-0.4, -0.2) is 93.2 Å². The minimum atomic E-state index is -1.28. The molecule has 13 heteroatoms. The summed E-state index contributed by atoms with van der Waals surface area (Å²) in [5.41, 5.74) is 0.526. The molecule has 176 valence electrons. The number of carbonyl (C=O) groups excluding carboxylic acids is 1. The third kappa shape index (κ3) is 7.02. The first kappa shape index (κ1) is 26.6. The Bertz CT molecular complexity index is 1340. The molecule has 0 unspecified atom stereocenters. The van der Waals surface area contributed by atoms with E-state index in [0.717, 1.165) is 18.2 Å². The van der Waals surface area contributed by atoms with E-state index in [-0.39, 0.29) is 105 Å². The average Bonchev–Trinajstić information content (AvgIpc) is 3.39. The SMILES string of the molecule is O=C(CCc1nc(-c2ccc(O)cn2)no1)Nc1cn(Cc2cc(F)cc(F)c2)cc1C(=O)O.[KH]. The zero-order chi connectivity index (χ0) is 24.2. The first-order chi connectivity index (χ1) is 16.3. The summed E-state index contributed by atoms with van der Waals surface area (Å²) in [5.74, 6) is -2.93. The van der Waals surface area contributed by atoms with E-state index in [0.29, 0.717) is 5.69 Å². The van der Waals surface area contributed by atoms with Crippen molar-refractivity contribution in [2.45, 2.75) is 19.4 Å². The molecule has 4 aromatic rings. The van der Waals surface area contributed by atoms with Crippen molar-refractivity contribution >= 4 is 68.9 Å². The van der Waals surface area contributed by atoms with Crippen LogP contribution < -0.4 is 5.32 Å². The molecule has 35 heavy (non-hydrogen) atoms. The topological polar surface area (TPSA) is 143 Å². The summed E-state index contributed by atoms with van der Waals surface area (Å²) >= 11 is 0. The predicted molar refractivity (Wildman–Crippen MR) is 120 cm³/mol. The van der Waals surface area contributed by atoms with Crippen LogP contribution in [0.4, 0.5) is 14.5 Å². The van der Waals surface area contributed by atoms with E-state index in [1.54, 1.807) is 0 Å². The Labute approximate surface area is 239 Å². The van der Waals surface area contributed by atoms with Crippen molar-refractivity contribution < 1.29 is 33.1 Å². The fourth-order valence-electron chi connectivity index (χ4n) is 3.19. The van der Waals surface area contributed by atoms with Gasteiger partial charge < -0.3 is 24.6 Å². The molecule has 10 nitrogen and oxygen atoms in total. The van der Waals surface area contributed by atoms with Crippen LogP contribution in [0.3, 0.4) is 0 Å². The quantitative estimate of drug-likeness (QED) is 0.308. The molecule has 3 heterocycles. The molecule has 0 aliphatic rings. The number of anilines is 1. The van der Waals surface area contributed by atoms with Gasteiger partial charge in [0, 0.05) is 37.8 Å². The van der Waals surface area contributed by atoms with Crippen LogP contribution in [0.1, 0.15) is 28.2 Å². The van der Waals surface area contributed by atoms with Crippen LogP contribution in [0, 0.1) is 11.6 Å². The van der Waals surface area contributed by atoms with Gasteiger partial charge in [-0.15, -0.1) is 0 Å². The maximum absolute atomic E-state index is 13.4. The molecule has 0 aliphatic heterocycles. The van der Waals surface area contributed by atoms with Gasteiger partial charge in [0.2, 0.25) is 17.6 Å². The number of aromatic carboxylic acids is 1. The summed E-state index contributed by atoms with van der Waals surface area (Å²) in [7, 11) is 0. The number of rotatable bonds is 8. The molecule has 0 fully saturated rings. The standard InChI is InChI=1S/C22H17F2N5O5.K.H/c23-13-5-12(6-14(24)7-13)9-29-10-16(22(32)33)18(11-29)26-19(31)3-4-20-27-21(28-34-20)17-2-1-15(30)8-25-17;;/h1-2,5-8,10-11,30H,3-4,9H2,(H,26,31)(H,32,33);;. The Hall–Kier alpha value is -2.97. The minimum absolute atomic E-state index is 0. The van der Waals surface area contributed by atoms with Crippen molar-refractivity contribution in [1.82, 2.24) is 19.7 Å². The maximum atomic E-state index is 13.4. The van der Waals surface area contributed by atoms with Crippen LogP contribution in [-0.2, 0) is 17.8 Å².